The number of aliphatic hydroxyl groups is 2. The molecule has 4 fully saturated rings. The Bertz CT molecular complexity index is 2140. The van der Waals surface area contributed by atoms with Crippen molar-refractivity contribution in [3.8, 4) is 0 Å². The van der Waals surface area contributed by atoms with E-state index in [1.54, 1.807) is 47.0 Å². The van der Waals surface area contributed by atoms with Crippen LogP contribution >= 0.6 is 0 Å². The maximum Gasteiger partial charge on any atom is 0.408 e. The number of nitrogens with one attached hydrogen (secondary N) is 1. The number of aliphatic hydroxyl groups excluding tert-OH is 2. The summed E-state index contributed by atoms with van der Waals surface area (Å²) < 4.78 is 70.4. The van der Waals surface area contributed by atoms with Gasteiger partial charge in [0.05, 0.1) is 54.7 Å². The van der Waals surface area contributed by atoms with Crippen LogP contribution in [0.1, 0.15) is 121 Å². The number of hydrogen-bond donors (Lipinski definition) is 3. The number of carbonyl (C=O) groups excluding carboxylic acids is 4. The second kappa shape index (κ2) is 30.6. The number of Topliss-reactive ketones (excluding diaryl/α,β-unsaturated/α-hetero) is 1. The van der Waals surface area contributed by atoms with Gasteiger partial charge in [0.2, 0.25) is 0 Å². The molecule has 5 rings (SSSR count). The minimum Gasteiger partial charge on any atom is -0.461 e. The third kappa shape index (κ3) is 17.6. The van der Waals surface area contributed by atoms with Gasteiger partial charge < -0.3 is 77.4 Å². The molecule has 4 saturated heterocycles. The Morgan fingerprint density at radius 1 is 0.850 bits per heavy atom. The van der Waals surface area contributed by atoms with E-state index in [1.165, 1.54) is 28.3 Å². The van der Waals surface area contributed by atoms with Crippen molar-refractivity contribution in [2.45, 2.75) is 220 Å². The molecule has 0 aliphatic carbocycles. The summed E-state index contributed by atoms with van der Waals surface area (Å²) in [6.07, 6.45) is -9.76. The molecule has 1 unspecified atom stereocenters. The van der Waals surface area contributed by atoms with Gasteiger partial charge in [-0.3, -0.25) is 19.4 Å². The van der Waals surface area contributed by atoms with Crippen LogP contribution in [-0.4, -0.2) is 195 Å². The van der Waals surface area contributed by atoms with E-state index < -0.39 is 145 Å². The molecule has 22 atom stereocenters. The van der Waals surface area contributed by atoms with Crippen LogP contribution in [0.5, 0.6) is 0 Å². The SMILES string of the molecule is CON=C1C[C@@H](C)O[C@@H](O[C@@H]2[C@@H](C)[C@H](O[C@H]3C[C@H](C)N(C)C[C@H](C)O3)[C@@H](C)C(=O)O[C@H](C(C)CO[C@@H]3O[C@H](C)[C@@H](O)[C@@H](OC)[C@H]3OC)[C@H](C)[C@@H](OC(=O)CC(C)C)[C@@H](C)C(=O)[C@@](C)(OC(=O)NCCc3ccncc3)C[C@@H]2C)[C@@H]1O. The number of cyclic esters (lactones) is 1. The van der Waals surface area contributed by atoms with Gasteiger partial charge in [0.15, 0.2) is 30.3 Å². The number of rotatable bonds is 18. The molecular weight excluding hydrogens is 1040 g/mol. The zero-order valence-electron chi connectivity index (χ0n) is 50.4. The molecule has 5 heterocycles. The smallest absolute Gasteiger partial charge is 0.408 e. The molecule has 80 heavy (non-hydrogen) atoms. The van der Waals surface area contributed by atoms with E-state index in [4.69, 9.17) is 56.9 Å². The number of aromatic nitrogens is 1. The first-order chi connectivity index (χ1) is 37.7. The second-order valence-electron chi connectivity index (χ2n) is 23.7. The Morgan fingerprint density at radius 3 is 2.16 bits per heavy atom. The van der Waals surface area contributed by atoms with E-state index in [1.807, 2.05) is 60.7 Å². The van der Waals surface area contributed by atoms with Gasteiger partial charge in [0.25, 0.3) is 0 Å². The Balaban J connectivity index is 1.69. The summed E-state index contributed by atoms with van der Waals surface area (Å²) in [6.45, 7) is 24.0. The van der Waals surface area contributed by atoms with E-state index in [2.05, 4.69) is 27.3 Å². The monoisotopic (exact) mass is 1140 g/mol. The molecule has 456 valence electrons. The van der Waals surface area contributed by atoms with Crippen molar-refractivity contribution in [1.82, 2.24) is 15.2 Å². The van der Waals surface area contributed by atoms with Crippen molar-refractivity contribution >= 4 is 29.5 Å². The van der Waals surface area contributed by atoms with Gasteiger partial charge in [0, 0.05) is 82.8 Å². The molecule has 4 aliphatic heterocycles. The van der Waals surface area contributed by atoms with Crippen LogP contribution in [0.25, 0.3) is 0 Å². The molecule has 0 aromatic carbocycles. The predicted octanol–water partition coefficient (Wildman–Crippen LogP) is 5.64. The molecule has 0 radical (unpaired) electrons. The van der Waals surface area contributed by atoms with Gasteiger partial charge >= 0.3 is 18.0 Å². The molecular formula is C58H96N4O18. The van der Waals surface area contributed by atoms with Crippen molar-refractivity contribution in [3.05, 3.63) is 30.1 Å². The van der Waals surface area contributed by atoms with Crippen LogP contribution in [0.15, 0.2) is 29.7 Å². The number of esters is 2. The van der Waals surface area contributed by atoms with Gasteiger partial charge in [-0.25, -0.2) is 4.79 Å². The topological polar surface area (TPSA) is 260 Å². The van der Waals surface area contributed by atoms with Gasteiger partial charge in [0.1, 0.15) is 43.7 Å². The van der Waals surface area contributed by atoms with Gasteiger partial charge in [-0.1, -0.05) is 53.6 Å². The molecule has 1 aromatic rings. The molecule has 0 saturated carbocycles. The van der Waals surface area contributed by atoms with Crippen molar-refractivity contribution in [2.24, 2.45) is 46.6 Å². The number of oxime groups is 1. The lowest BCUT2D eigenvalue weighted by Crippen LogP contribution is -2.59. The first-order valence-corrected chi connectivity index (χ1v) is 28.6. The van der Waals surface area contributed by atoms with E-state index >= 15 is 9.59 Å². The summed E-state index contributed by atoms with van der Waals surface area (Å²) in [7, 11) is 6.30. The van der Waals surface area contributed by atoms with Crippen molar-refractivity contribution in [1.29, 1.82) is 0 Å². The van der Waals surface area contributed by atoms with E-state index in [9.17, 15) is 19.8 Å². The van der Waals surface area contributed by atoms with Crippen LogP contribution in [0.2, 0.25) is 0 Å². The standard InChI is InChI=1S/C58H96N4O18/c1-30(2)24-43(63)76-49-37(9)48(32(4)29-72-56-52(70-16)51(69-15)45(64)40(12)75-56)78-54(67)39(11)50(77-44-25-33(5)62(14)28-35(7)73-44)36(8)47(79-55-46(65)42(61-71-17)26-34(6)74-55)31(3)27-58(13,53(66)38(49)10)80-57(68)60-23-20-41-18-21-59-22-19-41/h18-19,21-22,30-40,44-52,55-56,64-65H,20,23-29H2,1-17H3,(H,60,68)/t31-,32?,33-,34+,35-,36+,37-,38+,39+,40+,44-,45+,46+,47-,48+,49+,50-,51+,52+,55-,56+,58-/m0/s1. The second-order valence-corrected chi connectivity index (χ2v) is 23.7. The first kappa shape index (κ1) is 66.9. The number of ketones is 1. The number of amides is 1. The summed E-state index contributed by atoms with van der Waals surface area (Å²) >= 11 is 0. The predicted molar refractivity (Wildman–Crippen MR) is 293 cm³/mol. The number of hydrogen-bond acceptors (Lipinski definition) is 21. The lowest BCUT2D eigenvalue weighted by Gasteiger charge is -2.45. The van der Waals surface area contributed by atoms with Crippen LogP contribution in [0.4, 0.5) is 4.79 Å². The van der Waals surface area contributed by atoms with E-state index in [-0.39, 0.29) is 56.2 Å². The number of likely N-dealkylation sites (N-methyl/N-ethyl adjacent to an activating group) is 1. The average Bonchev–Trinajstić information content (AvgIpc) is 3.57. The lowest BCUT2D eigenvalue weighted by molar-refractivity contribution is -0.305. The van der Waals surface area contributed by atoms with E-state index in [0.717, 1.165) is 5.56 Å². The van der Waals surface area contributed by atoms with Crippen molar-refractivity contribution in [3.63, 3.8) is 0 Å². The first-order valence-electron chi connectivity index (χ1n) is 28.6. The van der Waals surface area contributed by atoms with Gasteiger partial charge in [-0.2, -0.15) is 0 Å². The van der Waals surface area contributed by atoms with Crippen LogP contribution < -0.4 is 5.32 Å². The number of carbonyl (C=O) groups is 4. The average molecular weight is 1140 g/mol. The molecule has 22 nitrogen and oxygen atoms in total. The Kier molecular flexibility index (Phi) is 25.5. The highest BCUT2D eigenvalue weighted by Crippen LogP contribution is 2.40. The summed E-state index contributed by atoms with van der Waals surface area (Å²) in [5.74, 6) is -7.39. The maximum atomic E-state index is 15.8. The maximum absolute atomic E-state index is 15.8. The number of alkyl carbamates (subject to hydrolysis) is 1. The van der Waals surface area contributed by atoms with Crippen molar-refractivity contribution < 1.29 is 86.3 Å². The van der Waals surface area contributed by atoms with Crippen LogP contribution in [0.3, 0.4) is 0 Å². The lowest BCUT2D eigenvalue weighted by atomic mass is 9.74. The highest BCUT2D eigenvalue weighted by atomic mass is 16.7. The molecule has 0 spiro atoms. The van der Waals surface area contributed by atoms with Crippen molar-refractivity contribution in [2.75, 3.05) is 48.1 Å². The highest BCUT2D eigenvalue weighted by Gasteiger charge is 2.53. The number of nitrogens with zero attached hydrogens (tertiary/aromatic N) is 3. The Morgan fingerprint density at radius 2 is 1.52 bits per heavy atom. The fraction of sp³-hybridized carbons (Fsp3) is 0.828. The number of pyridine rings is 1. The quantitative estimate of drug-likeness (QED) is 0.0912. The summed E-state index contributed by atoms with van der Waals surface area (Å²) in [5, 5.41) is 29.7. The number of methoxy groups -OCH3 is 2. The molecule has 1 amide bonds. The number of ether oxygens (including phenoxy) is 11. The minimum absolute atomic E-state index is 0.00773. The fourth-order valence-corrected chi connectivity index (χ4v) is 11.9. The summed E-state index contributed by atoms with van der Waals surface area (Å²) in [5.41, 5.74) is -0.748. The molecule has 1 aromatic heterocycles. The largest absolute Gasteiger partial charge is 0.461 e. The third-order valence-corrected chi connectivity index (χ3v) is 16.4. The van der Waals surface area contributed by atoms with Gasteiger partial charge in [-0.05, 0) is 91.0 Å². The highest BCUT2D eigenvalue weighted by molar-refractivity contribution is 5.91. The van der Waals surface area contributed by atoms with Crippen LogP contribution in [-0.2, 0) is 77.7 Å². The third-order valence-electron chi connectivity index (χ3n) is 16.4. The molecule has 3 N–H and O–H groups in total. The molecule has 22 heteroatoms. The fourth-order valence-electron chi connectivity index (χ4n) is 11.9. The Hall–Kier alpha value is -3.94. The normalized spacial score (nSPS) is 39.1. The van der Waals surface area contributed by atoms with E-state index in [0.29, 0.717) is 19.4 Å². The summed E-state index contributed by atoms with van der Waals surface area (Å²) in [4.78, 5) is 70.9. The zero-order chi connectivity index (χ0) is 59.3. The minimum atomic E-state index is -1.95. The summed E-state index contributed by atoms with van der Waals surface area (Å²) in [6, 6.07) is 3.68. The molecule has 0 bridgehead atoms. The van der Waals surface area contributed by atoms with Crippen LogP contribution in [0, 0.1) is 41.4 Å². The Labute approximate surface area is 474 Å². The molecule has 4 aliphatic rings. The van der Waals surface area contributed by atoms with Gasteiger partial charge in [-0.15, -0.1) is 0 Å². The zero-order valence-corrected chi connectivity index (χ0v) is 50.4.